The number of benzene rings is 2. The number of carboxylic acid groups (broad SMARTS) is 1. The van der Waals surface area contributed by atoms with Crippen LogP contribution in [0.25, 0.3) is 11.0 Å². The first-order chi connectivity index (χ1) is 15.5. The lowest BCUT2D eigenvalue weighted by atomic mass is 10.2. The van der Waals surface area contributed by atoms with Crippen LogP contribution in [0.5, 0.6) is 17.4 Å². The number of carboxylic acids is 1. The summed E-state index contributed by atoms with van der Waals surface area (Å²) in [4.78, 5) is 36.4. The van der Waals surface area contributed by atoms with Gasteiger partial charge in [-0.2, -0.15) is 0 Å². The summed E-state index contributed by atoms with van der Waals surface area (Å²) < 4.78 is 23.4. The molecule has 4 aromatic rings. The smallest absolute Gasteiger partial charge is 0.354 e. The first kappa shape index (κ1) is 20.7. The van der Waals surface area contributed by atoms with Crippen molar-refractivity contribution in [2.75, 3.05) is 12.2 Å². The number of carbonyl (C=O) groups excluding carboxylic acids is 1. The highest BCUT2D eigenvalue weighted by atomic mass is 19.1. The van der Waals surface area contributed by atoms with Gasteiger partial charge in [0.15, 0.2) is 17.2 Å². The number of para-hydroxylation sites is 4. The van der Waals surface area contributed by atoms with E-state index >= 15 is 0 Å². The molecule has 0 spiro atoms. The molecular formula is C22H15FN4O5. The summed E-state index contributed by atoms with van der Waals surface area (Å²) in [6.45, 7) is -1.06. The number of anilines is 1. The minimum atomic E-state index is -1.19. The molecule has 4 rings (SSSR count). The van der Waals surface area contributed by atoms with Crippen molar-refractivity contribution in [2.24, 2.45) is 0 Å². The number of fused-ring (bicyclic) bond motifs is 1. The summed E-state index contributed by atoms with van der Waals surface area (Å²) in [5.41, 5.74) is 0.887. The highest BCUT2D eigenvalue weighted by Crippen LogP contribution is 2.32. The standard InChI is InChI=1S/C22H15FN4O5/c23-12-31-17-7-3-4-8-18(17)32-21-19(26-14-5-1-2-6-15(14)27-21)20(28)25-13-9-10-16(22(29)30)24-11-13/h1-11H,12H2,(H,25,28)(H,29,30). The van der Waals surface area contributed by atoms with Gasteiger partial charge in [0.2, 0.25) is 6.86 Å². The fourth-order valence-electron chi connectivity index (χ4n) is 2.80. The summed E-state index contributed by atoms with van der Waals surface area (Å²) in [5.74, 6) is -1.69. The van der Waals surface area contributed by atoms with Gasteiger partial charge in [-0.05, 0) is 36.4 Å². The Morgan fingerprint density at radius 2 is 1.62 bits per heavy atom. The van der Waals surface area contributed by atoms with Crippen molar-refractivity contribution < 1.29 is 28.6 Å². The van der Waals surface area contributed by atoms with Gasteiger partial charge in [-0.25, -0.2) is 24.1 Å². The Morgan fingerprint density at radius 1 is 0.938 bits per heavy atom. The summed E-state index contributed by atoms with van der Waals surface area (Å²) in [7, 11) is 0. The van der Waals surface area contributed by atoms with Gasteiger partial charge in [0, 0.05) is 0 Å². The van der Waals surface area contributed by atoms with Gasteiger partial charge in [0.25, 0.3) is 11.8 Å². The summed E-state index contributed by atoms with van der Waals surface area (Å²) in [6, 6.07) is 15.9. The van der Waals surface area contributed by atoms with E-state index in [2.05, 4.69) is 20.3 Å². The fraction of sp³-hybridized carbons (Fsp3) is 0.0455. The number of nitrogens with one attached hydrogen (secondary N) is 1. The molecule has 2 N–H and O–H groups in total. The minimum Gasteiger partial charge on any atom is -0.477 e. The Kier molecular flexibility index (Phi) is 5.84. The highest BCUT2D eigenvalue weighted by Gasteiger charge is 2.20. The molecule has 32 heavy (non-hydrogen) atoms. The second-order valence-corrected chi connectivity index (χ2v) is 6.36. The van der Waals surface area contributed by atoms with Gasteiger partial charge in [-0.1, -0.05) is 24.3 Å². The molecule has 2 heterocycles. The number of carbonyl (C=O) groups is 2. The van der Waals surface area contributed by atoms with Gasteiger partial charge in [0.05, 0.1) is 22.9 Å². The summed E-state index contributed by atoms with van der Waals surface area (Å²) in [5, 5.41) is 11.5. The second-order valence-electron chi connectivity index (χ2n) is 6.36. The van der Waals surface area contributed by atoms with E-state index in [9.17, 15) is 14.0 Å². The Labute approximate surface area is 180 Å². The molecule has 0 bridgehead atoms. The average Bonchev–Trinajstić information content (AvgIpc) is 2.80. The molecule has 0 unspecified atom stereocenters. The van der Waals surface area contributed by atoms with Crippen LogP contribution in [0.4, 0.5) is 10.1 Å². The topological polar surface area (TPSA) is 124 Å². The molecule has 0 aliphatic carbocycles. The predicted molar refractivity (Wildman–Crippen MR) is 112 cm³/mol. The van der Waals surface area contributed by atoms with E-state index in [1.807, 2.05) is 0 Å². The van der Waals surface area contributed by atoms with Gasteiger partial charge in [0.1, 0.15) is 5.69 Å². The highest BCUT2D eigenvalue weighted by molar-refractivity contribution is 6.05. The van der Waals surface area contributed by atoms with Crippen LogP contribution in [0.3, 0.4) is 0 Å². The number of amides is 1. The van der Waals surface area contributed by atoms with Crippen LogP contribution in [-0.2, 0) is 0 Å². The molecule has 0 aliphatic rings. The molecule has 0 radical (unpaired) electrons. The van der Waals surface area contributed by atoms with Crippen molar-refractivity contribution in [3.63, 3.8) is 0 Å². The quantitative estimate of drug-likeness (QED) is 0.446. The molecule has 2 aromatic heterocycles. The predicted octanol–water partition coefficient (Wildman–Crippen LogP) is 4.07. The van der Waals surface area contributed by atoms with Crippen LogP contribution >= 0.6 is 0 Å². The van der Waals surface area contributed by atoms with Crippen LogP contribution < -0.4 is 14.8 Å². The average molecular weight is 434 g/mol. The maximum atomic E-state index is 13.0. The van der Waals surface area contributed by atoms with E-state index in [0.717, 1.165) is 0 Å². The van der Waals surface area contributed by atoms with Crippen molar-refractivity contribution in [1.82, 2.24) is 15.0 Å². The number of hydrogen-bond donors (Lipinski definition) is 2. The third kappa shape index (κ3) is 4.43. The fourth-order valence-corrected chi connectivity index (χ4v) is 2.80. The largest absolute Gasteiger partial charge is 0.477 e. The third-order valence-corrected chi connectivity index (χ3v) is 4.26. The Bertz CT molecular complexity index is 1300. The first-order valence-corrected chi connectivity index (χ1v) is 9.28. The third-order valence-electron chi connectivity index (χ3n) is 4.26. The number of ether oxygens (including phenoxy) is 2. The van der Waals surface area contributed by atoms with Crippen LogP contribution in [0.15, 0.2) is 66.9 Å². The number of pyridine rings is 1. The molecular weight excluding hydrogens is 419 g/mol. The number of nitrogens with zero attached hydrogens (tertiary/aromatic N) is 3. The van der Waals surface area contributed by atoms with Crippen LogP contribution in [0.2, 0.25) is 0 Å². The molecule has 1 amide bonds. The number of aromatic nitrogens is 3. The number of halogens is 1. The lowest BCUT2D eigenvalue weighted by Gasteiger charge is -2.13. The maximum absolute atomic E-state index is 13.0. The van der Waals surface area contributed by atoms with Crippen molar-refractivity contribution in [2.45, 2.75) is 0 Å². The maximum Gasteiger partial charge on any atom is 0.354 e. The Hall–Kier alpha value is -4.60. The SMILES string of the molecule is O=C(O)c1ccc(NC(=O)c2nc3ccccc3nc2Oc2ccccc2OCF)cn1. The zero-order valence-electron chi connectivity index (χ0n) is 16.4. The van der Waals surface area contributed by atoms with Crippen molar-refractivity contribution in [1.29, 1.82) is 0 Å². The van der Waals surface area contributed by atoms with E-state index in [1.54, 1.807) is 36.4 Å². The number of hydrogen-bond acceptors (Lipinski definition) is 7. The molecule has 0 saturated heterocycles. The molecule has 2 aromatic carbocycles. The van der Waals surface area contributed by atoms with E-state index in [0.29, 0.717) is 11.0 Å². The lowest BCUT2D eigenvalue weighted by molar-refractivity contribution is 0.0690. The second kappa shape index (κ2) is 9.04. The van der Waals surface area contributed by atoms with Crippen LogP contribution in [0.1, 0.15) is 21.0 Å². The number of aromatic carboxylic acids is 1. The molecule has 0 saturated carbocycles. The first-order valence-electron chi connectivity index (χ1n) is 9.28. The van der Waals surface area contributed by atoms with E-state index < -0.39 is 18.7 Å². The molecule has 160 valence electrons. The zero-order chi connectivity index (χ0) is 22.5. The zero-order valence-corrected chi connectivity index (χ0v) is 16.4. The van der Waals surface area contributed by atoms with Crippen molar-refractivity contribution in [3.8, 4) is 17.4 Å². The van der Waals surface area contributed by atoms with Gasteiger partial charge in [-0.15, -0.1) is 0 Å². The molecule has 0 atom stereocenters. The van der Waals surface area contributed by atoms with E-state index in [1.165, 1.54) is 30.5 Å². The monoisotopic (exact) mass is 434 g/mol. The Balaban J connectivity index is 1.71. The molecule has 0 aliphatic heterocycles. The molecule has 10 heteroatoms. The Morgan fingerprint density at radius 3 is 2.28 bits per heavy atom. The van der Waals surface area contributed by atoms with Gasteiger partial charge >= 0.3 is 5.97 Å². The summed E-state index contributed by atoms with van der Waals surface area (Å²) >= 11 is 0. The van der Waals surface area contributed by atoms with Crippen molar-refractivity contribution in [3.05, 3.63) is 78.2 Å². The van der Waals surface area contributed by atoms with Gasteiger partial charge in [-0.3, -0.25) is 4.79 Å². The van der Waals surface area contributed by atoms with Crippen LogP contribution in [-0.4, -0.2) is 38.8 Å². The normalized spacial score (nSPS) is 10.5. The lowest BCUT2D eigenvalue weighted by Crippen LogP contribution is -2.16. The van der Waals surface area contributed by atoms with Crippen LogP contribution in [0, 0.1) is 0 Å². The molecule has 0 fully saturated rings. The van der Waals surface area contributed by atoms with E-state index in [-0.39, 0.29) is 34.5 Å². The number of alkyl halides is 1. The van der Waals surface area contributed by atoms with E-state index in [4.69, 9.17) is 14.6 Å². The minimum absolute atomic E-state index is 0.119. The summed E-state index contributed by atoms with van der Waals surface area (Å²) in [6.07, 6.45) is 1.21. The number of rotatable bonds is 7. The van der Waals surface area contributed by atoms with Gasteiger partial charge < -0.3 is 19.9 Å². The molecule has 9 nitrogen and oxygen atoms in total. The van der Waals surface area contributed by atoms with Crippen molar-refractivity contribution >= 4 is 28.6 Å².